The van der Waals surface area contributed by atoms with E-state index >= 15 is 0 Å². The van der Waals surface area contributed by atoms with E-state index < -0.39 is 0 Å². The van der Waals surface area contributed by atoms with Gasteiger partial charge in [0, 0.05) is 30.5 Å². The predicted molar refractivity (Wildman–Crippen MR) is 118 cm³/mol. The van der Waals surface area contributed by atoms with Crippen molar-refractivity contribution in [1.82, 2.24) is 4.98 Å². The van der Waals surface area contributed by atoms with Crippen LogP contribution in [-0.4, -0.2) is 31.1 Å². The van der Waals surface area contributed by atoms with E-state index in [1.54, 1.807) is 42.5 Å². The van der Waals surface area contributed by atoms with E-state index in [9.17, 15) is 4.79 Å². The van der Waals surface area contributed by atoms with Crippen molar-refractivity contribution in [3.05, 3.63) is 84.1 Å². The number of hydrogen-bond donors (Lipinski definition) is 0. The zero-order chi connectivity index (χ0) is 20.6. The Morgan fingerprint density at radius 3 is 2.17 bits per heavy atom. The third-order valence-corrected chi connectivity index (χ3v) is 4.91. The third kappa shape index (κ3) is 4.93. The summed E-state index contributed by atoms with van der Waals surface area (Å²) in [5.41, 5.74) is 2.83. The Morgan fingerprint density at radius 2 is 1.62 bits per heavy atom. The van der Waals surface area contributed by atoms with Crippen molar-refractivity contribution in [3.63, 3.8) is 0 Å². The summed E-state index contributed by atoms with van der Waals surface area (Å²) >= 11 is 0. The Balaban J connectivity index is 1.87. The molecule has 5 heteroatoms. The highest BCUT2D eigenvalue weighted by Crippen LogP contribution is 2.21. The van der Waals surface area contributed by atoms with Gasteiger partial charge in [-0.3, -0.25) is 9.69 Å². The molecule has 0 atom stereocenters. The second-order valence-corrected chi connectivity index (χ2v) is 6.65. The molecule has 0 saturated heterocycles. The summed E-state index contributed by atoms with van der Waals surface area (Å²) in [5, 5.41) is 0. The molecule has 150 valence electrons. The summed E-state index contributed by atoms with van der Waals surface area (Å²) in [7, 11) is 1.61. The molecule has 0 aliphatic rings. The van der Waals surface area contributed by atoms with Gasteiger partial charge in [0.25, 0.3) is 5.91 Å². The number of aromatic nitrogens is 1. The van der Waals surface area contributed by atoms with Crippen LogP contribution in [0.1, 0.15) is 29.8 Å². The van der Waals surface area contributed by atoms with Crippen molar-refractivity contribution in [1.29, 1.82) is 0 Å². The Bertz CT molecular complexity index is 905. The summed E-state index contributed by atoms with van der Waals surface area (Å²) in [4.78, 5) is 21.7. The lowest BCUT2D eigenvalue weighted by molar-refractivity contribution is 0.0984. The van der Waals surface area contributed by atoms with E-state index in [0.29, 0.717) is 17.9 Å². The van der Waals surface area contributed by atoms with Crippen LogP contribution in [-0.2, 0) is 6.54 Å². The number of ether oxygens (including phenoxy) is 1. The molecule has 0 N–H and O–H groups in total. The fourth-order valence-electron chi connectivity index (χ4n) is 3.24. The highest BCUT2D eigenvalue weighted by Gasteiger charge is 2.19. The monoisotopic (exact) mass is 389 g/mol. The first-order valence-electron chi connectivity index (χ1n) is 9.87. The average molecular weight is 389 g/mol. The van der Waals surface area contributed by atoms with E-state index in [1.807, 2.05) is 18.2 Å². The summed E-state index contributed by atoms with van der Waals surface area (Å²) < 4.78 is 5.20. The third-order valence-electron chi connectivity index (χ3n) is 4.91. The van der Waals surface area contributed by atoms with Crippen molar-refractivity contribution in [3.8, 4) is 5.75 Å². The van der Waals surface area contributed by atoms with E-state index in [2.05, 4.69) is 48.0 Å². The van der Waals surface area contributed by atoms with Gasteiger partial charge in [-0.2, -0.15) is 0 Å². The number of hydrogen-bond acceptors (Lipinski definition) is 4. The fraction of sp³-hybridized carbons (Fsp3) is 0.250. The summed E-state index contributed by atoms with van der Waals surface area (Å²) in [6, 6.07) is 21.1. The Labute approximate surface area is 172 Å². The van der Waals surface area contributed by atoms with E-state index in [-0.39, 0.29) is 5.91 Å². The molecule has 0 spiro atoms. The van der Waals surface area contributed by atoms with Crippen molar-refractivity contribution < 1.29 is 9.53 Å². The van der Waals surface area contributed by atoms with E-state index in [4.69, 9.17) is 4.74 Å². The van der Waals surface area contributed by atoms with Crippen molar-refractivity contribution in [2.45, 2.75) is 20.4 Å². The quantitative estimate of drug-likeness (QED) is 0.556. The minimum absolute atomic E-state index is 0.0980. The number of rotatable bonds is 8. The molecular formula is C24H27N3O2. The zero-order valence-corrected chi connectivity index (χ0v) is 17.2. The molecule has 2 aromatic carbocycles. The maximum Gasteiger partial charge on any atom is 0.259 e. The summed E-state index contributed by atoms with van der Waals surface area (Å²) in [6.07, 6.45) is 1.70. The van der Waals surface area contributed by atoms with E-state index in [1.165, 1.54) is 5.69 Å². The molecule has 1 heterocycles. The minimum atomic E-state index is -0.0980. The summed E-state index contributed by atoms with van der Waals surface area (Å²) in [5.74, 6) is 1.25. The Hall–Kier alpha value is -3.34. The molecule has 0 aliphatic heterocycles. The number of benzene rings is 2. The first-order valence-corrected chi connectivity index (χ1v) is 9.87. The smallest absolute Gasteiger partial charge is 0.259 e. The van der Waals surface area contributed by atoms with Crippen LogP contribution in [0.25, 0.3) is 0 Å². The average Bonchev–Trinajstić information content (AvgIpc) is 2.79. The van der Waals surface area contributed by atoms with Gasteiger partial charge in [0.2, 0.25) is 0 Å². The van der Waals surface area contributed by atoms with Crippen molar-refractivity contribution >= 4 is 17.4 Å². The van der Waals surface area contributed by atoms with Crippen LogP contribution in [0.15, 0.2) is 72.9 Å². The SMILES string of the molecule is CCN(CC)c1ccc(CN(C(=O)c2ccc(OC)cc2)c2ccccn2)cc1. The standard InChI is InChI=1S/C24H27N3O2/c1-4-26(5-2)21-13-9-19(10-14-21)18-27(23-8-6-7-17-25-23)24(28)20-11-15-22(29-3)16-12-20/h6-17H,4-5,18H2,1-3H3. The summed E-state index contributed by atoms with van der Waals surface area (Å²) in [6.45, 7) is 6.67. The normalized spacial score (nSPS) is 10.4. The van der Waals surface area contributed by atoms with Crippen LogP contribution in [0.2, 0.25) is 0 Å². The molecule has 0 unspecified atom stereocenters. The highest BCUT2D eigenvalue weighted by molar-refractivity contribution is 6.05. The maximum absolute atomic E-state index is 13.3. The number of carbonyl (C=O) groups is 1. The molecule has 3 rings (SSSR count). The van der Waals surface area contributed by atoms with E-state index in [0.717, 1.165) is 24.4 Å². The number of amides is 1. The largest absolute Gasteiger partial charge is 0.497 e. The molecule has 0 fully saturated rings. The van der Waals surface area contributed by atoms with Crippen molar-refractivity contribution in [2.75, 3.05) is 30.0 Å². The lowest BCUT2D eigenvalue weighted by Gasteiger charge is -2.24. The molecule has 1 amide bonds. The van der Waals surface area contributed by atoms with Gasteiger partial charge in [-0.1, -0.05) is 18.2 Å². The highest BCUT2D eigenvalue weighted by atomic mass is 16.5. The van der Waals surface area contributed by atoms with Gasteiger partial charge in [0.15, 0.2) is 0 Å². The molecule has 3 aromatic rings. The fourth-order valence-corrected chi connectivity index (χ4v) is 3.24. The van der Waals surface area contributed by atoms with Gasteiger partial charge < -0.3 is 9.64 Å². The van der Waals surface area contributed by atoms with Crippen LogP contribution in [0.5, 0.6) is 5.75 Å². The lowest BCUT2D eigenvalue weighted by atomic mass is 10.1. The predicted octanol–water partition coefficient (Wildman–Crippen LogP) is 4.78. The van der Waals surface area contributed by atoms with Gasteiger partial charge >= 0.3 is 0 Å². The zero-order valence-electron chi connectivity index (χ0n) is 17.2. The number of nitrogens with zero attached hydrogens (tertiary/aromatic N) is 3. The van der Waals surface area contributed by atoms with Crippen LogP contribution in [0, 0.1) is 0 Å². The first kappa shape index (κ1) is 20.4. The number of methoxy groups -OCH3 is 1. The molecule has 0 bridgehead atoms. The van der Waals surface area contributed by atoms with Crippen LogP contribution < -0.4 is 14.5 Å². The van der Waals surface area contributed by atoms with Crippen LogP contribution in [0.3, 0.4) is 0 Å². The number of anilines is 2. The molecule has 0 aliphatic carbocycles. The molecule has 29 heavy (non-hydrogen) atoms. The molecule has 0 saturated carbocycles. The molecular weight excluding hydrogens is 362 g/mol. The van der Waals surface area contributed by atoms with Crippen LogP contribution in [0.4, 0.5) is 11.5 Å². The number of carbonyl (C=O) groups excluding carboxylic acids is 1. The second kappa shape index (κ2) is 9.73. The first-order chi connectivity index (χ1) is 14.2. The van der Waals surface area contributed by atoms with Crippen LogP contribution >= 0.6 is 0 Å². The lowest BCUT2D eigenvalue weighted by Crippen LogP contribution is -2.31. The Morgan fingerprint density at radius 1 is 0.931 bits per heavy atom. The molecule has 5 nitrogen and oxygen atoms in total. The van der Waals surface area contributed by atoms with Gasteiger partial charge in [-0.05, 0) is 67.9 Å². The molecule has 1 aromatic heterocycles. The number of pyridine rings is 1. The van der Waals surface area contributed by atoms with Gasteiger partial charge in [0.05, 0.1) is 13.7 Å². The Kier molecular flexibility index (Phi) is 6.85. The van der Waals surface area contributed by atoms with Gasteiger partial charge in [-0.25, -0.2) is 4.98 Å². The van der Waals surface area contributed by atoms with Gasteiger partial charge in [0.1, 0.15) is 11.6 Å². The minimum Gasteiger partial charge on any atom is -0.497 e. The van der Waals surface area contributed by atoms with Gasteiger partial charge in [-0.15, -0.1) is 0 Å². The second-order valence-electron chi connectivity index (χ2n) is 6.65. The van der Waals surface area contributed by atoms with Crippen molar-refractivity contribution in [2.24, 2.45) is 0 Å². The molecule has 0 radical (unpaired) electrons. The topological polar surface area (TPSA) is 45.7 Å². The maximum atomic E-state index is 13.3.